The van der Waals surface area contributed by atoms with Crippen molar-refractivity contribution in [3.05, 3.63) is 156 Å². The van der Waals surface area contributed by atoms with E-state index < -0.39 is 0 Å². The Morgan fingerprint density at radius 3 is 1.55 bits per heavy atom. The van der Waals surface area contributed by atoms with Crippen LogP contribution in [0.1, 0.15) is 16.7 Å². The summed E-state index contributed by atoms with van der Waals surface area (Å²) in [6.45, 7) is 4.27. The number of hydrogen-bond acceptors (Lipinski definition) is 4. The minimum Gasteiger partial charge on any atom is -0.309 e. The lowest BCUT2D eigenvalue weighted by molar-refractivity contribution is 1.07. The number of aromatic nitrogens is 4. The molecule has 0 atom stereocenters. The molecule has 5 heteroatoms. The monoisotopic (exact) mass is 603 g/mol. The SMILES string of the molecule is Cc1ccc2c(c1)c1cc(C)ccc1n2-c1ccc(-c2nc(-c3ccccc3)nc(-c3ccccc3)n2)c(-c2ccc(C#N)cc2)c1. The average molecular weight is 604 g/mol. The third-order valence-corrected chi connectivity index (χ3v) is 8.60. The second kappa shape index (κ2) is 11.5. The molecular formula is C42H29N5. The van der Waals surface area contributed by atoms with Crippen molar-refractivity contribution in [3.8, 4) is 57.0 Å². The molecular weight excluding hydrogens is 574 g/mol. The van der Waals surface area contributed by atoms with E-state index in [0.29, 0.717) is 23.0 Å². The van der Waals surface area contributed by atoms with Crippen LogP contribution in [-0.4, -0.2) is 19.5 Å². The molecule has 8 aromatic rings. The number of fused-ring (bicyclic) bond motifs is 3. The van der Waals surface area contributed by atoms with Crippen molar-refractivity contribution in [2.75, 3.05) is 0 Å². The van der Waals surface area contributed by atoms with Gasteiger partial charge in [-0.2, -0.15) is 5.26 Å². The quantitative estimate of drug-likeness (QED) is 0.196. The van der Waals surface area contributed by atoms with Crippen LogP contribution in [0.25, 0.3) is 72.8 Å². The zero-order chi connectivity index (χ0) is 31.9. The van der Waals surface area contributed by atoms with Gasteiger partial charge in [0, 0.05) is 33.2 Å². The van der Waals surface area contributed by atoms with Crippen LogP contribution in [0.2, 0.25) is 0 Å². The maximum absolute atomic E-state index is 9.54. The predicted octanol–water partition coefficient (Wildman–Crippen LogP) is 10.1. The highest BCUT2D eigenvalue weighted by atomic mass is 15.0. The summed E-state index contributed by atoms with van der Waals surface area (Å²) < 4.78 is 2.33. The molecule has 222 valence electrons. The summed E-state index contributed by atoms with van der Waals surface area (Å²) in [6, 6.07) is 49.7. The van der Waals surface area contributed by atoms with Crippen molar-refractivity contribution in [1.29, 1.82) is 5.26 Å². The molecule has 0 aliphatic heterocycles. The fourth-order valence-electron chi connectivity index (χ4n) is 6.29. The molecule has 0 unspecified atom stereocenters. The van der Waals surface area contributed by atoms with E-state index in [1.165, 1.54) is 21.9 Å². The lowest BCUT2D eigenvalue weighted by atomic mass is 9.97. The Hall–Kier alpha value is -6.38. The molecule has 6 aromatic carbocycles. The van der Waals surface area contributed by atoms with Gasteiger partial charge < -0.3 is 4.57 Å². The zero-order valence-electron chi connectivity index (χ0n) is 26.0. The standard InChI is InChI=1S/C42H29N5/c1-27-13-21-38-36(23-27)37-24-28(2)14-22-39(37)47(38)33-19-20-34(35(25-33)30-17-15-29(26-43)16-18-30)42-45-40(31-9-5-3-6-10-31)44-41(46-42)32-11-7-4-8-12-32/h3-25H,1-2H3. The summed E-state index contributed by atoms with van der Waals surface area (Å²) in [7, 11) is 0. The predicted molar refractivity (Wildman–Crippen MR) is 190 cm³/mol. The van der Waals surface area contributed by atoms with E-state index in [4.69, 9.17) is 15.0 Å². The van der Waals surface area contributed by atoms with Gasteiger partial charge in [-0.25, -0.2) is 15.0 Å². The van der Waals surface area contributed by atoms with Crippen LogP contribution in [0.3, 0.4) is 0 Å². The molecule has 0 spiro atoms. The molecule has 0 aliphatic rings. The molecule has 0 radical (unpaired) electrons. The molecule has 5 nitrogen and oxygen atoms in total. The minimum absolute atomic E-state index is 0.581. The van der Waals surface area contributed by atoms with Crippen LogP contribution in [0.5, 0.6) is 0 Å². The van der Waals surface area contributed by atoms with Crippen LogP contribution in [0, 0.1) is 25.2 Å². The number of benzene rings is 6. The molecule has 0 saturated heterocycles. The third kappa shape index (κ3) is 5.12. The summed E-state index contributed by atoms with van der Waals surface area (Å²) in [5.74, 6) is 1.80. The molecule has 0 N–H and O–H groups in total. The minimum atomic E-state index is 0.581. The van der Waals surface area contributed by atoms with E-state index in [1.54, 1.807) is 0 Å². The molecule has 0 saturated carbocycles. The van der Waals surface area contributed by atoms with E-state index in [0.717, 1.165) is 44.5 Å². The Labute approximate surface area is 273 Å². The highest BCUT2D eigenvalue weighted by Gasteiger charge is 2.19. The Bertz CT molecular complexity index is 2350. The number of hydrogen-bond donors (Lipinski definition) is 0. The van der Waals surface area contributed by atoms with Crippen molar-refractivity contribution in [2.45, 2.75) is 13.8 Å². The van der Waals surface area contributed by atoms with Crippen LogP contribution in [0.4, 0.5) is 0 Å². The van der Waals surface area contributed by atoms with E-state index >= 15 is 0 Å². The number of rotatable bonds is 5. The second-order valence-electron chi connectivity index (χ2n) is 11.8. The van der Waals surface area contributed by atoms with E-state index in [2.05, 4.69) is 79.1 Å². The first-order valence-corrected chi connectivity index (χ1v) is 15.6. The Balaban J connectivity index is 1.40. The smallest absolute Gasteiger partial charge is 0.164 e. The average Bonchev–Trinajstić information content (AvgIpc) is 3.44. The van der Waals surface area contributed by atoms with Gasteiger partial charge in [0.1, 0.15) is 0 Å². The first-order chi connectivity index (χ1) is 23.1. The fraction of sp³-hybridized carbons (Fsp3) is 0.0476. The Kier molecular flexibility index (Phi) is 6.89. The van der Waals surface area contributed by atoms with E-state index in [9.17, 15) is 5.26 Å². The van der Waals surface area contributed by atoms with Crippen LogP contribution in [0.15, 0.2) is 140 Å². The van der Waals surface area contributed by atoms with Crippen molar-refractivity contribution >= 4 is 21.8 Å². The zero-order valence-corrected chi connectivity index (χ0v) is 26.0. The number of nitriles is 1. The normalized spacial score (nSPS) is 11.2. The van der Waals surface area contributed by atoms with Crippen LogP contribution < -0.4 is 0 Å². The largest absolute Gasteiger partial charge is 0.309 e. The van der Waals surface area contributed by atoms with Crippen molar-refractivity contribution in [2.24, 2.45) is 0 Å². The molecule has 2 aromatic heterocycles. The van der Waals surface area contributed by atoms with Crippen LogP contribution in [-0.2, 0) is 0 Å². The Morgan fingerprint density at radius 2 is 1.02 bits per heavy atom. The van der Waals surface area contributed by atoms with Gasteiger partial charge in [0.15, 0.2) is 17.5 Å². The van der Waals surface area contributed by atoms with Gasteiger partial charge in [-0.05, 0) is 79.6 Å². The second-order valence-corrected chi connectivity index (χ2v) is 11.8. The van der Waals surface area contributed by atoms with Gasteiger partial charge in [-0.3, -0.25) is 0 Å². The number of aryl methyl sites for hydroxylation is 2. The van der Waals surface area contributed by atoms with Gasteiger partial charge in [0.05, 0.1) is 22.7 Å². The lowest BCUT2D eigenvalue weighted by Gasteiger charge is -2.15. The molecule has 0 bridgehead atoms. The maximum Gasteiger partial charge on any atom is 0.164 e. The van der Waals surface area contributed by atoms with Gasteiger partial charge in [-0.15, -0.1) is 0 Å². The van der Waals surface area contributed by atoms with Gasteiger partial charge >= 0.3 is 0 Å². The summed E-state index contributed by atoms with van der Waals surface area (Å²) in [5, 5.41) is 12.0. The lowest BCUT2D eigenvalue weighted by Crippen LogP contribution is -2.02. The summed E-state index contributed by atoms with van der Waals surface area (Å²) in [6.07, 6.45) is 0. The molecule has 0 aliphatic carbocycles. The van der Waals surface area contributed by atoms with E-state index in [1.807, 2.05) is 84.9 Å². The summed E-state index contributed by atoms with van der Waals surface area (Å²) >= 11 is 0. The molecule has 47 heavy (non-hydrogen) atoms. The van der Waals surface area contributed by atoms with Crippen molar-refractivity contribution < 1.29 is 0 Å². The molecule has 0 fully saturated rings. The van der Waals surface area contributed by atoms with Crippen LogP contribution >= 0.6 is 0 Å². The van der Waals surface area contributed by atoms with Gasteiger partial charge in [-0.1, -0.05) is 96.1 Å². The summed E-state index contributed by atoms with van der Waals surface area (Å²) in [4.78, 5) is 15.0. The van der Waals surface area contributed by atoms with Gasteiger partial charge in [0.2, 0.25) is 0 Å². The first-order valence-electron chi connectivity index (χ1n) is 15.6. The van der Waals surface area contributed by atoms with Gasteiger partial charge in [0.25, 0.3) is 0 Å². The molecule has 2 heterocycles. The third-order valence-electron chi connectivity index (χ3n) is 8.60. The first kappa shape index (κ1) is 28.1. The van der Waals surface area contributed by atoms with Crippen molar-refractivity contribution in [1.82, 2.24) is 19.5 Å². The highest BCUT2D eigenvalue weighted by Crippen LogP contribution is 2.38. The molecule has 0 amide bonds. The Morgan fingerprint density at radius 1 is 0.489 bits per heavy atom. The number of nitrogens with zero attached hydrogens (tertiary/aromatic N) is 5. The summed E-state index contributed by atoms with van der Waals surface area (Å²) in [5.41, 5.74) is 11.0. The van der Waals surface area contributed by atoms with E-state index in [-0.39, 0.29) is 0 Å². The maximum atomic E-state index is 9.54. The fourth-order valence-corrected chi connectivity index (χ4v) is 6.29. The molecule has 8 rings (SSSR count). The topological polar surface area (TPSA) is 67.4 Å². The highest BCUT2D eigenvalue weighted by molar-refractivity contribution is 6.10. The van der Waals surface area contributed by atoms with Crippen molar-refractivity contribution in [3.63, 3.8) is 0 Å².